The van der Waals surface area contributed by atoms with Gasteiger partial charge in [-0.15, -0.1) is 0 Å². The van der Waals surface area contributed by atoms with Crippen LogP contribution in [0.1, 0.15) is 18.5 Å². The van der Waals surface area contributed by atoms with Gasteiger partial charge in [-0.05, 0) is 24.6 Å². The molecule has 0 unspecified atom stereocenters. The molecule has 3 N–H and O–H groups in total. The van der Waals surface area contributed by atoms with E-state index >= 15 is 0 Å². The lowest BCUT2D eigenvalue weighted by atomic mass is 10.1. The molecule has 4 amide bonds. The first kappa shape index (κ1) is 17.3. The van der Waals surface area contributed by atoms with Crippen LogP contribution in [0.25, 0.3) is 0 Å². The lowest BCUT2D eigenvalue weighted by Gasteiger charge is -2.32. The summed E-state index contributed by atoms with van der Waals surface area (Å²) in [5.74, 6) is -3.17. The lowest BCUT2D eigenvalue weighted by molar-refractivity contribution is -0.153. The van der Waals surface area contributed by atoms with Crippen LogP contribution in [0.5, 0.6) is 5.75 Å². The van der Waals surface area contributed by atoms with E-state index in [9.17, 15) is 29.4 Å². The number of benzene rings is 1. The van der Waals surface area contributed by atoms with Crippen molar-refractivity contribution in [1.29, 1.82) is 0 Å². The molecule has 0 radical (unpaired) electrons. The highest BCUT2D eigenvalue weighted by atomic mass is 16.4. The van der Waals surface area contributed by atoms with E-state index in [1.165, 1.54) is 29.2 Å². The average molecular weight is 335 g/mol. The van der Waals surface area contributed by atoms with Crippen LogP contribution in [0, 0.1) is 0 Å². The van der Waals surface area contributed by atoms with Crippen LogP contribution in [0.2, 0.25) is 0 Å². The van der Waals surface area contributed by atoms with E-state index in [0.717, 1.165) is 0 Å². The quantitative estimate of drug-likeness (QED) is 0.660. The van der Waals surface area contributed by atoms with Crippen molar-refractivity contribution >= 4 is 23.8 Å². The zero-order chi connectivity index (χ0) is 17.9. The van der Waals surface area contributed by atoms with Gasteiger partial charge in [0.25, 0.3) is 0 Å². The summed E-state index contributed by atoms with van der Waals surface area (Å²) in [6.07, 6.45) is 0. The first-order valence-corrected chi connectivity index (χ1v) is 7.28. The van der Waals surface area contributed by atoms with Gasteiger partial charge in [-0.25, -0.2) is 9.59 Å². The summed E-state index contributed by atoms with van der Waals surface area (Å²) in [7, 11) is 0. The number of carbonyl (C=O) groups is 4. The van der Waals surface area contributed by atoms with E-state index in [2.05, 4.69) is 5.32 Å². The minimum absolute atomic E-state index is 0.00777. The molecule has 1 aromatic rings. The van der Waals surface area contributed by atoms with Gasteiger partial charge in [-0.2, -0.15) is 0 Å². The third kappa shape index (κ3) is 3.45. The van der Waals surface area contributed by atoms with Crippen molar-refractivity contribution in [2.24, 2.45) is 0 Å². The molecular weight excluding hydrogens is 318 g/mol. The Hall–Kier alpha value is -3.10. The highest BCUT2D eigenvalue weighted by molar-refractivity contribution is 6.38. The number of phenols is 1. The predicted molar refractivity (Wildman–Crippen MR) is 81.0 cm³/mol. The van der Waals surface area contributed by atoms with Crippen LogP contribution in [0.15, 0.2) is 24.3 Å². The SMILES string of the molecule is CCN1CCN(C(=O)N[C@H](C(=O)O)c2ccc(O)cc2)C(=O)C1=O. The second-order valence-electron chi connectivity index (χ2n) is 5.15. The molecule has 0 saturated carbocycles. The summed E-state index contributed by atoms with van der Waals surface area (Å²) in [6, 6.07) is 2.89. The Bertz CT molecular complexity index is 672. The second-order valence-corrected chi connectivity index (χ2v) is 5.15. The summed E-state index contributed by atoms with van der Waals surface area (Å²) >= 11 is 0. The fourth-order valence-electron chi connectivity index (χ4n) is 2.33. The number of piperazine rings is 1. The molecule has 1 heterocycles. The minimum Gasteiger partial charge on any atom is -0.508 e. The van der Waals surface area contributed by atoms with E-state index < -0.39 is 29.9 Å². The average Bonchev–Trinajstić information content (AvgIpc) is 2.55. The van der Waals surface area contributed by atoms with Gasteiger partial charge in [0.15, 0.2) is 6.04 Å². The van der Waals surface area contributed by atoms with Gasteiger partial charge in [0.1, 0.15) is 5.75 Å². The highest BCUT2D eigenvalue weighted by Crippen LogP contribution is 2.18. The fraction of sp³-hybridized carbons (Fsp3) is 0.333. The maximum absolute atomic E-state index is 12.2. The van der Waals surface area contributed by atoms with Gasteiger partial charge in [0.2, 0.25) is 0 Å². The second kappa shape index (κ2) is 6.99. The number of phenolic OH excluding ortho intramolecular Hbond substituents is 1. The van der Waals surface area contributed by atoms with E-state index in [1.54, 1.807) is 6.92 Å². The van der Waals surface area contributed by atoms with Crippen molar-refractivity contribution in [2.75, 3.05) is 19.6 Å². The van der Waals surface area contributed by atoms with Crippen molar-refractivity contribution in [3.63, 3.8) is 0 Å². The van der Waals surface area contributed by atoms with E-state index in [4.69, 9.17) is 0 Å². The molecule has 1 aliphatic rings. The molecule has 0 aliphatic carbocycles. The van der Waals surface area contributed by atoms with Gasteiger partial charge >= 0.3 is 23.8 Å². The number of nitrogens with zero attached hydrogens (tertiary/aromatic N) is 2. The van der Waals surface area contributed by atoms with Gasteiger partial charge in [0, 0.05) is 19.6 Å². The Morgan fingerprint density at radius 2 is 1.79 bits per heavy atom. The van der Waals surface area contributed by atoms with Crippen LogP contribution >= 0.6 is 0 Å². The molecule has 1 aromatic carbocycles. The van der Waals surface area contributed by atoms with Gasteiger partial charge in [-0.3, -0.25) is 14.5 Å². The first-order chi connectivity index (χ1) is 11.3. The number of carboxylic acid groups (broad SMARTS) is 1. The maximum atomic E-state index is 12.2. The Labute approximate surface area is 137 Å². The predicted octanol–water partition coefficient (Wildman–Crippen LogP) is -0.0818. The Morgan fingerprint density at radius 1 is 1.17 bits per heavy atom. The van der Waals surface area contributed by atoms with Crippen molar-refractivity contribution < 1.29 is 29.4 Å². The third-order valence-corrected chi connectivity index (χ3v) is 3.68. The van der Waals surface area contributed by atoms with Crippen LogP contribution in [-0.4, -0.2) is 63.5 Å². The fourth-order valence-corrected chi connectivity index (χ4v) is 2.33. The summed E-state index contributed by atoms with van der Waals surface area (Å²) in [5.41, 5.74) is 0.222. The standard InChI is InChI=1S/C15H17N3O6/c1-2-17-7-8-18(13(21)12(17)20)15(24)16-11(14(22)23)9-3-5-10(19)6-4-9/h3-6,11,19H,2,7-8H2,1H3,(H,16,24)(H,22,23)/t11-/m0/s1. The van der Waals surface area contributed by atoms with Crippen LogP contribution in [0.4, 0.5) is 4.79 Å². The molecule has 24 heavy (non-hydrogen) atoms. The van der Waals surface area contributed by atoms with E-state index in [0.29, 0.717) is 11.4 Å². The number of likely N-dealkylation sites (N-methyl/N-ethyl adjacent to an activating group) is 1. The molecule has 0 aromatic heterocycles. The molecule has 1 fully saturated rings. The largest absolute Gasteiger partial charge is 0.508 e. The monoisotopic (exact) mass is 335 g/mol. The molecule has 0 spiro atoms. The smallest absolute Gasteiger partial charge is 0.330 e. The van der Waals surface area contributed by atoms with Crippen molar-refractivity contribution in [1.82, 2.24) is 15.1 Å². The molecule has 9 heteroatoms. The normalized spacial score (nSPS) is 16.0. The Kier molecular flexibility index (Phi) is 5.02. The number of imide groups is 1. The zero-order valence-electron chi connectivity index (χ0n) is 12.9. The Morgan fingerprint density at radius 3 is 2.33 bits per heavy atom. The van der Waals surface area contributed by atoms with Crippen molar-refractivity contribution in [3.8, 4) is 5.75 Å². The molecule has 1 aliphatic heterocycles. The number of hydrogen-bond acceptors (Lipinski definition) is 5. The number of carbonyl (C=O) groups excluding carboxylic acids is 3. The number of amides is 4. The number of rotatable bonds is 4. The van der Waals surface area contributed by atoms with Crippen molar-refractivity contribution in [2.45, 2.75) is 13.0 Å². The maximum Gasteiger partial charge on any atom is 0.330 e. The summed E-state index contributed by atoms with van der Waals surface area (Å²) in [5, 5.41) is 20.8. The number of carboxylic acids is 1. The zero-order valence-corrected chi connectivity index (χ0v) is 12.9. The molecule has 128 valence electrons. The number of urea groups is 1. The first-order valence-electron chi connectivity index (χ1n) is 7.28. The summed E-state index contributed by atoms with van der Waals surface area (Å²) < 4.78 is 0. The van der Waals surface area contributed by atoms with Crippen LogP contribution in [0.3, 0.4) is 0 Å². The number of nitrogens with one attached hydrogen (secondary N) is 1. The number of aliphatic carboxylic acids is 1. The van der Waals surface area contributed by atoms with Crippen molar-refractivity contribution in [3.05, 3.63) is 29.8 Å². The molecule has 9 nitrogen and oxygen atoms in total. The molecule has 0 bridgehead atoms. The number of hydrogen-bond donors (Lipinski definition) is 3. The third-order valence-electron chi connectivity index (χ3n) is 3.68. The molecular formula is C15H17N3O6. The molecule has 1 saturated heterocycles. The van der Waals surface area contributed by atoms with Gasteiger partial charge in [-0.1, -0.05) is 12.1 Å². The topological polar surface area (TPSA) is 127 Å². The van der Waals surface area contributed by atoms with Gasteiger partial charge in [0.05, 0.1) is 0 Å². The Balaban J connectivity index is 2.14. The van der Waals surface area contributed by atoms with Crippen LogP contribution in [-0.2, 0) is 14.4 Å². The van der Waals surface area contributed by atoms with Gasteiger partial charge < -0.3 is 20.4 Å². The minimum atomic E-state index is -1.41. The van der Waals surface area contributed by atoms with E-state index in [-0.39, 0.29) is 24.4 Å². The highest BCUT2D eigenvalue weighted by Gasteiger charge is 2.36. The lowest BCUT2D eigenvalue weighted by Crippen LogP contribution is -2.58. The summed E-state index contributed by atoms with van der Waals surface area (Å²) in [6.45, 7) is 2.26. The number of aromatic hydroxyl groups is 1. The molecule has 1 atom stereocenters. The molecule has 2 rings (SSSR count). The van der Waals surface area contributed by atoms with E-state index in [1.807, 2.05) is 0 Å². The summed E-state index contributed by atoms with van der Waals surface area (Å²) in [4.78, 5) is 49.4. The van der Waals surface area contributed by atoms with Crippen LogP contribution < -0.4 is 5.32 Å².